The molecule has 0 aromatic heterocycles. The van der Waals surface area contributed by atoms with Gasteiger partial charge in [0.2, 0.25) is 0 Å². The maximum Gasteiger partial charge on any atom is 0.320 e. The third-order valence-corrected chi connectivity index (χ3v) is 1.28. The highest BCUT2D eigenvalue weighted by molar-refractivity contribution is 5.76. The highest BCUT2D eigenvalue weighted by Crippen LogP contribution is 1.94. The van der Waals surface area contributed by atoms with E-state index in [-0.39, 0.29) is 14.4 Å². The summed E-state index contributed by atoms with van der Waals surface area (Å²) in [6.07, 6.45) is 0.956. The third kappa shape index (κ3) is 8.67. The SMILES string of the molecule is NC(N)=NCCCC(N)C(=O)O.[B]. The molecule has 0 heterocycles. The van der Waals surface area contributed by atoms with Crippen molar-refractivity contribution < 1.29 is 9.90 Å². The van der Waals surface area contributed by atoms with E-state index in [1.54, 1.807) is 0 Å². The molecule has 3 radical (unpaired) electrons. The summed E-state index contributed by atoms with van der Waals surface area (Å²) < 4.78 is 0. The average molecular weight is 185 g/mol. The second kappa shape index (κ2) is 7.42. The van der Waals surface area contributed by atoms with Crippen LogP contribution >= 0.6 is 0 Å². The van der Waals surface area contributed by atoms with Crippen molar-refractivity contribution >= 4 is 20.3 Å². The summed E-state index contributed by atoms with van der Waals surface area (Å²) in [5, 5.41) is 8.38. The predicted molar refractivity (Wildman–Crippen MR) is 51.3 cm³/mol. The zero-order valence-electron chi connectivity index (χ0n) is 7.31. The predicted octanol–water partition coefficient (Wildman–Crippen LogP) is -1.93. The van der Waals surface area contributed by atoms with E-state index in [9.17, 15) is 4.79 Å². The van der Waals surface area contributed by atoms with Crippen LogP contribution in [0, 0.1) is 0 Å². The fourth-order valence-corrected chi connectivity index (χ4v) is 0.643. The summed E-state index contributed by atoms with van der Waals surface area (Å²) in [5.74, 6) is -0.987. The Labute approximate surface area is 78.8 Å². The second-order valence-electron chi connectivity index (χ2n) is 2.39. The van der Waals surface area contributed by atoms with Crippen LogP contribution in [-0.4, -0.2) is 38.0 Å². The van der Waals surface area contributed by atoms with E-state index in [1.165, 1.54) is 0 Å². The normalized spacial score (nSPS) is 11.2. The third-order valence-electron chi connectivity index (χ3n) is 1.28. The number of carboxylic acids is 1. The summed E-state index contributed by atoms with van der Waals surface area (Å²) in [6.45, 7) is 0.420. The molecule has 7 heteroatoms. The van der Waals surface area contributed by atoms with Gasteiger partial charge in [-0.05, 0) is 12.8 Å². The highest BCUT2D eigenvalue weighted by Gasteiger charge is 2.09. The van der Waals surface area contributed by atoms with Gasteiger partial charge in [-0.25, -0.2) is 0 Å². The van der Waals surface area contributed by atoms with Gasteiger partial charge < -0.3 is 22.3 Å². The minimum absolute atomic E-state index is 0. The number of aliphatic imine (C=N–C) groups is 1. The lowest BCUT2D eigenvalue weighted by Crippen LogP contribution is -2.30. The van der Waals surface area contributed by atoms with E-state index < -0.39 is 12.0 Å². The number of rotatable bonds is 5. The lowest BCUT2D eigenvalue weighted by atomic mass is 10.2. The average Bonchev–Trinajstić information content (AvgIpc) is 1.97. The van der Waals surface area contributed by atoms with E-state index in [4.69, 9.17) is 22.3 Å². The van der Waals surface area contributed by atoms with Crippen molar-refractivity contribution in [2.45, 2.75) is 18.9 Å². The molecule has 0 aromatic carbocycles. The van der Waals surface area contributed by atoms with Crippen LogP contribution in [0.5, 0.6) is 0 Å². The molecule has 0 spiro atoms. The van der Waals surface area contributed by atoms with Gasteiger partial charge in [0.15, 0.2) is 5.96 Å². The molecule has 0 amide bonds. The van der Waals surface area contributed by atoms with Gasteiger partial charge in [-0.15, -0.1) is 0 Å². The summed E-state index contributed by atoms with van der Waals surface area (Å²) in [5.41, 5.74) is 15.3. The maximum absolute atomic E-state index is 10.2. The van der Waals surface area contributed by atoms with E-state index in [2.05, 4.69) is 4.99 Å². The molecular formula is C6H14BN4O2. The Morgan fingerprint density at radius 1 is 1.46 bits per heavy atom. The Kier molecular flexibility index (Phi) is 8.16. The van der Waals surface area contributed by atoms with E-state index in [0.29, 0.717) is 19.4 Å². The molecule has 1 atom stereocenters. The van der Waals surface area contributed by atoms with Crippen LogP contribution < -0.4 is 17.2 Å². The van der Waals surface area contributed by atoms with Crippen molar-refractivity contribution in [2.75, 3.05) is 6.54 Å². The van der Waals surface area contributed by atoms with Crippen LogP contribution in [0.1, 0.15) is 12.8 Å². The van der Waals surface area contributed by atoms with Crippen molar-refractivity contribution in [3.63, 3.8) is 0 Å². The Morgan fingerprint density at radius 3 is 2.38 bits per heavy atom. The molecule has 0 saturated heterocycles. The Bertz CT molecular complexity index is 181. The van der Waals surface area contributed by atoms with Gasteiger partial charge in [0, 0.05) is 15.0 Å². The van der Waals surface area contributed by atoms with Crippen molar-refractivity contribution in [3.8, 4) is 0 Å². The first-order chi connectivity index (χ1) is 5.54. The van der Waals surface area contributed by atoms with Crippen molar-refractivity contribution in [1.29, 1.82) is 0 Å². The monoisotopic (exact) mass is 185 g/mol. The first kappa shape index (κ1) is 14.3. The van der Waals surface area contributed by atoms with Crippen LogP contribution in [0.4, 0.5) is 0 Å². The van der Waals surface area contributed by atoms with Gasteiger partial charge in [-0.3, -0.25) is 9.79 Å². The first-order valence-electron chi connectivity index (χ1n) is 3.58. The van der Waals surface area contributed by atoms with Crippen molar-refractivity contribution in [2.24, 2.45) is 22.2 Å². The number of hydrogen-bond acceptors (Lipinski definition) is 3. The molecule has 0 aliphatic heterocycles. The summed E-state index contributed by atoms with van der Waals surface area (Å²) in [6, 6.07) is -0.820. The molecule has 0 bridgehead atoms. The molecule has 0 aliphatic rings. The highest BCUT2D eigenvalue weighted by atomic mass is 16.4. The second-order valence-corrected chi connectivity index (χ2v) is 2.39. The largest absolute Gasteiger partial charge is 0.480 e. The topological polar surface area (TPSA) is 128 Å². The number of guanidine groups is 1. The zero-order chi connectivity index (χ0) is 9.56. The van der Waals surface area contributed by atoms with Gasteiger partial charge in [0.1, 0.15) is 6.04 Å². The minimum Gasteiger partial charge on any atom is -0.480 e. The van der Waals surface area contributed by atoms with Crippen molar-refractivity contribution in [1.82, 2.24) is 0 Å². The quantitative estimate of drug-likeness (QED) is 0.171. The number of hydrogen-bond donors (Lipinski definition) is 4. The maximum atomic E-state index is 10.2. The molecule has 0 rings (SSSR count). The van der Waals surface area contributed by atoms with Gasteiger partial charge >= 0.3 is 5.97 Å². The molecular weight excluding hydrogens is 171 g/mol. The molecule has 0 saturated carbocycles. The summed E-state index contributed by atoms with van der Waals surface area (Å²) in [4.78, 5) is 13.9. The number of carbonyl (C=O) groups is 1. The fraction of sp³-hybridized carbons (Fsp3) is 0.667. The zero-order valence-corrected chi connectivity index (χ0v) is 7.31. The molecule has 0 aromatic rings. The van der Waals surface area contributed by atoms with Gasteiger partial charge in [0.05, 0.1) is 0 Å². The lowest BCUT2D eigenvalue weighted by Gasteiger charge is -2.03. The van der Waals surface area contributed by atoms with Crippen molar-refractivity contribution in [3.05, 3.63) is 0 Å². The van der Waals surface area contributed by atoms with Crippen LogP contribution in [0.2, 0.25) is 0 Å². The molecule has 1 unspecified atom stereocenters. The number of nitrogens with two attached hydrogens (primary N) is 3. The van der Waals surface area contributed by atoms with Crippen LogP contribution in [-0.2, 0) is 4.79 Å². The summed E-state index contributed by atoms with van der Waals surface area (Å²) >= 11 is 0. The van der Waals surface area contributed by atoms with E-state index >= 15 is 0 Å². The smallest absolute Gasteiger partial charge is 0.320 e. The lowest BCUT2D eigenvalue weighted by molar-refractivity contribution is -0.138. The molecule has 73 valence electrons. The number of carboxylic acid groups (broad SMARTS) is 1. The standard InChI is InChI=1S/C6H14N4O2.B/c7-4(5(11)12)2-1-3-10-6(8)9;/h4H,1-3,7H2,(H,11,12)(H4,8,9,10);. The molecule has 0 aliphatic carbocycles. The Morgan fingerprint density at radius 2 is 2.00 bits per heavy atom. The molecule has 6 nitrogen and oxygen atoms in total. The van der Waals surface area contributed by atoms with Crippen LogP contribution in [0.15, 0.2) is 4.99 Å². The van der Waals surface area contributed by atoms with Crippen LogP contribution in [0.25, 0.3) is 0 Å². The Hall–Kier alpha value is -1.24. The van der Waals surface area contributed by atoms with Gasteiger partial charge in [-0.2, -0.15) is 0 Å². The molecule has 13 heavy (non-hydrogen) atoms. The first-order valence-corrected chi connectivity index (χ1v) is 3.58. The van der Waals surface area contributed by atoms with E-state index in [0.717, 1.165) is 0 Å². The fourth-order valence-electron chi connectivity index (χ4n) is 0.643. The number of aliphatic carboxylic acids is 1. The molecule has 7 N–H and O–H groups in total. The van der Waals surface area contributed by atoms with E-state index in [1.807, 2.05) is 0 Å². The molecule has 0 fully saturated rings. The van der Waals surface area contributed by atoms with Crippen LogP contribution in [0.3, 0.4) is 0 Å². The summed E-state index contributed by atoms with van der Waals surface area (Å²) in [7, 11) is 0. The number of nitrogens with zero attached hydrogens (tertiary/aromatic N) is 1. The Balaban J connectivity index is 0. The minimum atomic E-state index is -1.00. The van der Waals surface area contributed by atoms with Gasteiger partial charge in [0.25, 0.3) is 0 Å². The van der Waals surface area contributed by atoms with Gasteiger partial charge in [-0.1, -0.05) is 0 Å².